The van der Waals surface area contributed by atoms with Crippen LogP contribution >= 0.6 is 23.2 Å². The molecule has 5 rings (SSSR count). The molecular formula is C26H35Cl2N3. The van der Waals surface area contributed by atoms with E-state index in [2.05, 4.69) is 57.2 Å². The Morgan fingerprint density at radius 2 is 1.35 bits per heavy atom. The number of allylic oxidation sites excluding steroid dienone is 4. The largest absolute Gasteiger partial charge is 0.301 e. The predicted octanol–water partition coefficient (Wildman–Crippen LogP) is 5.38. The van der Waals surface area contributed by atoms with E-state index < -0.39 is 0 Å². The second-order valence-electron chi connectivity index (χ2n) is 10.2. The van der Waals surface area contributed by atoms with Crippen LogP contribution in [0.4, 0.5) is 0 Å². The zero-order valence-electron chi connectivity index (χ0n) is 18.4. The van der Waals surface area contributed by atoms with Gasteiger partial charge in [-0.1, -0.05) is 65.7 Å². The summed E-state index contributed by atoms with van der Waals surface area (Å²) in [5.41, 5.74) is 1.41. The van der Waals surface area contributed by atoms with Crippen molar-refractivity contribution in [1.29, 1.82) is 0 Å². The second-order valence-corrected chi connectivity index (χ2v) is 11.2. The molecule has 2 fully saturated rings. The Labute approximate surface area is 197 Å². The molecule has 2 aliphatic carbocycles. The van der Waals surface area contributed by atoms with E-state index in [9.17, 15) is 0 Å². The molecule has 0 aromatic heterocycles. The third-order valence-electron chi connectivity index (χ3n) is 7.88. The van der Waals surface area contributed by atoms with Crippen molar-refractivity contribution in [3.05, 3.63) is 58.1 Å². The normalized spacial score (nSPS) is 31.5. The lowest BCUT2D eigenvalue weighted by molar-refractivity contribution is 0.127. The number of benzene rings is 1. The summed E-state index contributed by atoms with van der Waals surface area (Å²) in [5.74, 6) is 3.11. The van der Waals surface area contributed by atoms with Gasteiger partial charge in [-0.3, -0.25) is 9.80 Å². The number of fused-ring (bicyclic) bond motifs is 2. The van der Waals surface area contributed by atoms with Gasteiger partial charge in [0.1, 0.15) is 0 Å². The molecule has 0 spiro atoms. The minimum atomic E-state index is 0.745. The first kappa shape index (κ1) is 22.0. The molecule has 0 saturated carbocycles. The number of halogens is 2. The third kappa shape index (κ3) is 5.57. The molecule has 2 heterocycles. The monoisotopic (exact) mass is 459 g/mol. The van der Waals surface area contributed by atoms with Gasteiger partial charge in [0.2, 0.25) is 0 Å². The van der Waals surface area contributed by atoms with E-state index in [1.807, 2.05) is 0 Å². The Kier molecular flexibility index (Phi) is 7.07. The average Bonchev–Trinajstić information content (AvgIpc) is 3.35. The maximum Gasteiger partial charge on any atom is 0.0510 e. The van der Waals surface area contributed by atoms with Crippen molar-refractivity contribution in [3.8, 4) is 0 Å². The van der Waals surface area contributed by atoms with Crippen LogP contribution in [0.15, 0.2) is 52.5 Å². The Balaban J connectivity index is 1.18. The van der Waals surface area contributed by atoms with Gasteiger partial charge < -0.3 is 4.90 Å². The smallest absolute Gasteiger partial charge is 0.0510 e. The maximum atomic E-state index is 6.34. The van der Waals surface area contributed by atoms with Gasteiger partial charge in [-0.2, -0.15) is 0 Å². The molecule has 0 N–H and O–H groups in total. The lowest BCUT2D eigenvalue weighted by Gasteiger charge is -2.30. The van der Waals surface area contributed by atoms with Crippen LogP contribution in [0.2, 0.25) is 0 Å². The number of hydrogen-bond donors (Lipinski definition) is 0. The van der Waals surface area contributed by atoms with Crippen molar-refractivity contribution in [2.24, 2.45) is 23.7 Å². The molecule has 4 aliphatic rings. The van der Waals surface area contributed by atoms with E-state index in [1.54, 1.807) is 0 Å². The molecular weight excluding hydrogens is 425 g/mol. The SMILES string of the molecule is ClC1=CC[C@H]2CN(CCN(Cc3ccccc3)CN3C[C@H]4CC(Cl)=CC[C@H]4C3)C[C@H]2C1. The minimum Gasteiger partial charge on any atom is -0.301 e. The highest BCUT2D eigenvalue weighted by atomic mass is 35.5. The molecule has 0 bridgehead atoms. The summed E-state index contributed by atoms with van der Waals surface area (Å²) in [5, 5.41) is 2.16. The highest BCUT2D eigenvalue weighted by Crippen LogP contribution is 2.38. The molecule has 3 nitrogen and oxygen atoms in total. The molecule has 5 heteroatoms. The van der Waals surface area contributed by atoms with Crippen LogP contribution in [0.25, 0.3) is 0 Å². The summed E-state index contributed by atoms with van der Waals surface area (Å²) in [7, 11) is 0. The topological polar surface area (TPSA) is 9.72 Å². The zero-order chi connectivity index (χ0) is 21.2. The van der Waals surface area contributed by atoms with Crippen LogP contribution in [-0.2, 0) is 6.54 Å². The van der Waals surface area contributed by atoms with Gasteiger partial charge in [-0.25, -0.2) is 0 Å². The van der Waals surface area contributed by atoms with Gasteiger partial charge in [0.25, 0.3) is 0 Å². The Morgan fingerprint density at radius 3 is 2.03 bits per heavy atom. The first-order valence-electron chi connectivity index (χ1n) is 12.0. The van der Waals surface area contributed by atoms with Crippen LogP contribution in [0.5, 0.6) is 0 Å². The lowest BCUT2D eigenvalue weighted by atomic mass is 9.86. The second kappa shape index (κ2) is 9.97. The van der Waals surface area contributed by atoms with E-state index in [-0.39, 0.29) is 0 Å². The molecule has 4 atom stereocenters. The molecule has 1 aromatic rings. The van der Waals surface area contributed by atoms with Crippen LogP contribution < -0.4 is 0 Å². The fourth-order valence-electron chi connectivity index (χ4n) is 6.20. The number of likely N-dealkylation sites (tertiary alicyclic amines) is 2. The quantitative estimate of drug-likeness (QED) is 0.541. The molecule has 31 heavy (non-hydrogen) atoms. The van der Waals surface area contributed by atoms with E-state index in [0.29, 0.717) is 0 Å². The standard InChI is InChI=1S/C26H35Cl2N3/c27-25-8-6-21-15-29(17-23(21)12-25)10-11-30(14-20-4-2-1-3-5-20)19-31-16-22-7-9-26(28)13-24(22)18-31/h1-5,8-9,21-24H,6-7,10-19H2/t21-,22-,23+,24+/m0/s1. The van der Waals surface area contributed by atoms with Gasteiger partial charge in [0, 0.05) is 55.9 Å². The number of nitrogens with zero attached hydrogens (tertiary/aromatic N) is 3. The number of hydrogen-bond acceptors (Lipinski definition) is 3. The lowest BCUT2D eigenvalue weighted by Crippen LogP contribution is -2.41. The van der Waals surface area contributed by atoms with Crippen LogP contribution in [-0.4, -0.2) is 60.6 Å². The van der Waals surface area contributed by atoms with E-state index in [0.717, 1.165) is 79.3 Å². The van der Waals surface area contributed by atoms with Crippen molar-refractivity contribution in [2.75, 3.05) is 45.9 Å². The van der Waals surface area contributed by atoms with E-state index in [1.165, 1.54) is 38.2 Å². The maximum absolute atomic E-state index is 6.34. The summed E-state index contributed by atoms with van der Waals surface area (Å²) in [6, 6.07) is 11.0. The van der Waals surface area contributed by atoms with Crippen LogP contribution in [0.1, 0.15) is 31.2 Å². The van der Waals surface area contributed by atoms with Gasteiger partial charge in [-0.15, -0.1) is 0 Å². The summed E-state index contributed by atoms with van der Waals surface area (Å²) in [4.78, 5) is 8.02. The average molecular weight is 460 g/mol. The zero-order valence-corrected chi connectivity index (χ0v) is 19.9. The minimum absolute atomic E-state index is 0.745. The fraction of sp³-hybridized carbons (Fsp3) is 0.615. The van der Waals surface area contributed by atoms with E-state index in [4.69, 9.17) is 23.2 Å². The molecule has 2 saturated heterocycles. The van der Waals surface area contributed by atoms with Crippen molar-refractivity contribution in [2.45, 2.75) is 32.2 Å². The number of rotatable bonds is 7. The highest BCUT2D eigenvalue weighted by Gasteiger charge is 2.36. The first-order valence-corrected chi connectivity index (χ1v) is 12.8. The molecule has 0 radical (unpaired) electrons. The first-order chi connectivity index (χ1) is 15.1. The van der Waals surface area contributed by atoms with Gasteiger partial charge in [0.15, 0.2) is 0 Å². The molecule has 2 aliphatic heterocycles. The van der Waals surface area contributed by atoms with Crippen molar-refractivity contribution >= 4 is 23.2 Å². The van der Waals surface area contributed by atoms with Crippen LogP contribution in [0.3, 0.4) is 0 Å². The van der Waals surface area contributed by atoms with Crippen molar-refractivity contribution in [1.82, 2.24) is 14.7 Å². The summed E-state index contributed by atoms with van der Waals surface area (Å²) in [6.45, 7) is 9.24. The summed E-state index contributed by atoms with van der Waals surface area (Å²) in [6.07, 6.45) is 8.99. The Bertz CT molecular complexity index is 808. The van der Waals surface area contributed by atoms with Gasteiger partial charge in [-0.05, 0) is 54.9 Å². The van der Waals surface area contributed by atoms with Crippen molar-refractivity contribution in [3.63, 3.8) is 0 Å². The van der Waals surface area contributed by atoms with Gasteiger partial charge >= 0.3 is 0 Å². The Morgan fingerprint density at radius 1 is 0.774 bits per heavy atom. The highest BCUT2D eigenvalue weighted by molar-refractivity contribution is 6.29. The summed E-state index contributed by atoms with van der Waals surface area (Å²) >= 11 is 12.7. The molecule has 168 valence electrons. The van der Waals surface area contributed by atoms with Gasteiger partial charge in [0.05, 0.1) is 6.67 Å². The van der Waals surface area contributed by atoms with E-state index >= 15 is 0 Å². The Hall–Kier alpha value is -0.840. The molecule has 0 amide bonds. The predicted molar refractivity (Wildman–Crippen MR) is 130 cm³/mol. The summed E-state index contributed by atoms with van der Waals surface area (Å²) < 4.78 is 0. The fourth-order valence-corrected chi connectivity index (χ4v) is 6.77. The third-order valence-corrected chi connectivity index (χ3v) is 8.50. The van der Waals surface area contributed by atoms with Crippen molar-refractivity contribution < 1.29 is 0 Å². The molecule has 0 unspecified atom stereocenters. The van der Waals surface area contributed by atoms with Crippen LogP contribution in [0, 0.1) is 23.7 Å². The molecule has 1 aromatic carbocycles.